The molecule has 0 aliphatic rings. The first kappa shape index (κ1) is 29.2. The summed E-state index contributed by atoms with van der Waals surface area (Å²) < 4.78 is 55.3. The number of thioether (sulfide) groups is 1. The average Bonchev–Trinajstić information content (AvgIpc) is 2.95. The fourth-order valence-electron chi connectivity index (χ4n) is 3.81. The minimum absolute atomic E-state index is 0.0559. The Hall–Kier alpha value is -3.80. The Bertz CT molecular complexity index is 1740. The molecule has 4 aromatic carbocycles. The van der Waals surface area contributed by atoms with E-state index in [-0.39, 0.29) is 9.79 Å². The number of anilines is 3. The van der Waals surface area contributed by atoms with Gasteiger partial charge >= 0.3 is 0 Å². The normalized spacial score (nSPS) is 11.6. The van der Waals surface area contributed by atoms with Crippen molar-refractivity contribution in [1.82, 2.24) is 0 Å². The molecular weight excluding hydrogens is 567 g/mol. The van der Waals surface area contributed by atoms with Crippen molar-refractivity contribution in [1.29, 1.82) is 0 Å². The van der Waals surface area contributed by atoms with Gasteiger partial charge in [-0.05, 0) is 116 Å². The lowest BCUT2D eigenvalue weighted by atomic mass is 10.1. The van der Waals surface area contributed by atoms with Crippen LogP contribution in [0.1, 0.15) is 21.5 Å². The highest BCUT2D eigenvalue weighted by Crippen LogP contribution is 2.25. The van der Waals surface area contributed by atoms with Crippen molar-refractivity contribution < 1.29 is 21.6 Å². The molecule has 0 saturated carbocycles. The first-order valence-corrected chi connectivity index (χ1v) is 16.3. The second-order valence-electron chi connectivity index (χ2n) is 9.08. The highest BCUT2D eigenvalue weighted by molar-refractivity contribution is 7.98. The van der Waals surface area contributed by atoms with Crippen LogP contribution in [0.3, 0.4) is 0 Å². The topological polar surface area (TPSA) is 113 Å². The minimum Gasteiger partial charge on any atom is -0.322 e. The zero-order valence-corrected chi connectivity index (χ0v) is 24.8. The SMILES string of the molecule is CSc1ccc(S(=O)(=O)N(C)c2ccc(C(=O)Nc3ccc(S(=O)(=O)Nc4ccc(C)c(C)c4)cc3)cc2)cc1. The Kier molecular flexibility index (Phi) is 8.57. The van der Waals surface area contributed by atoms with Gasteiger partial charge in [0.2, 0.25) is 0 Å². The predicted molar refractivity (Wildman–Crippen MR) is 161 cm³/mol. The lowest BCUT2D eigenvalue weighted by Crippen LogP contribution is -2.26. The second kappa shape index (κ2) is 11.7. The maximum atomic E-state index is 13.0. The van der Waals surface area contributed by atoms with E-state index in [0.717, 1.165) is 20.3 Å². The van der Waals surface area contributed by atoms with Crippen molar-refractivity contribution in [3.05, 3.63) is 108 Å². The Balaban J connectivity index is 1.42. The average molecular weight is 596 g/mol. The molecule has 40 heavy (non-hydrogen) atoms. The van der Waals surface area contributed by atoms with Gasteiger partial charge < -0.3 is 5.32 Å². The van der Waals surface area contributed by atoms with Gasteiger partial charge in [-0.3, -0.25) is 13.8 Å². The molecule has 1 amide bonds. The van der Waals surface area contributed by atoms with E-state index in [4.69, 9.17) is 0 Å². The highest BCUT2D eigenvalue weighted by Gasteiger charge is 2.22. The summed E-state index contributed by atoms with van der Waals surface area (Å²) in [7, 11) is -6.12. The van der Waals surface area contributed by atoms with E-state index in [1.807, 2.05) is 26.2 Å². The van der Waals surface area contributed by atoms with Gasteiger partial charge in [0.1, 0.15) is 0 Å². The van der Waals surface area contributed by atoms with Crippen LogP contribution in [0.15, 0.2) is 106 Å². The molecule has 0 aromatic heterocycles. The van der Waals surface area contributed by atoms with Crippen LogP contribution in [0.5, 0.6) is 0 Å². The number of rotatable bonds is 9. The van der Waals surface area contributed by atoms with Crippen LogP contribution in [0.2, 0.25) is 0 Å². The molecule has 0 heterocycles. The lowest BCUT2D eigenvalue weighted by Gasteiger charge is -2.20. The maximum Gasteiger partial charge on any atom is 0.264 e. The molecule has 0 saturated heterocycles. The van der Waals surface area contributed by atoms with Gasteiger partial charge in [0, 0.05) is 28.9 Å². The van der Waals surface area contributed by atoms with Crippen molar-refractivity contribution in [3.63, 3.8) is 0 Å². The number of carbonyl (C=O) groups is 1. The number of nitrogens with zero attached hydrogens (tertiary/aromatic N) is 1. The zero-order chi connectivity index (χ0) is 29.1. The highest BCUT2D eigenvalue weighted by atomic mass is 32.2. The van der Waals surface area contributed by atoms with Crippen LogP contribution < -0.4 is 14.3 Å². The number of nitrogens with one attached hydrogen (secondary N) is 2. The third-order valence-corrected chi connectivity index (χ3v) is 10.3. The molecule has 4 rings (SSSR count). The molecular formula is C29H29N3O5S3. The van der Waals surface area contributed by atoms with E-state index in [1.54, 1.807) is 48.5 Å². The maximum absolute atomic E-state index is 13.0. The van der Waals surface area contributed by atoms with E-state index < -0.39 is 26.0 Å². The van der Waals surface area contributed by atoms with Crippen molar-refractivity contribution in [2.75, 3.05) is 27.6 Å². The molecule has 208 valence electrons. The summed E-state index contributed by atoms with van der Waals surface area (Å²) in [5.74, 6) is -0.423. The number of benzene rings is 4. The third-order valence-electron chi connectivity index (χ3n) is 6.39. The van der Waals surface area contributed by atoms with Gasteiger partial charge in [-0.1, -0.05) is 6.07 Å². The summed E-state index contributed by atoms with van der Waals surface area (Å²) in [5, 5.41) is 2.73. The van der Waals surface area contributed by atoms with Crippen LogP contribution >= 0.6 is 11.8 Å². The fraction of sp³-hybridized carbons (Fsp3) is 0.138. The molecule has 0 bridgehead atoms. The summed E-state index contributed by atoms with van der Waals surface area (Å²) in [6, 6.07) is 23.9. The van der Waals surface area contributed by atoms with E-state index in [9.17, 15) is 21.6 Å². The number of hydrogen-bond acceptors (Lipinski definition) is 6. The van der Waals surface area contributed by atoms with Crippen LogP contribution in [-0.4, -0.2) is 36.0 Å². The fourth-order valence-corrected chi connectivity index (χ4v) is 6.46. The largest absolute Gasteiger partial charge is 0.322 e. The molecule has 8 nitrogen and oxygen atoms in total. The number of aryl methyl sites for hydroxylation is 2. The first-order chi connectivity index (χ1) is 18.9. The van der Waals surface area contributed by atoms with E-state index >= 15 is 0 Å². The van der Waals surface area contributed by atoms with Crippen LogP contribution in [-0.2, 0) is 20.0 Å². The predicted octanol–water partition coefficient (Wildman–Crippen LogP) is 5.90. The van der Waals surface area contributed by atoms with Crippen LogP contribution in [0.25, 0.3) is 0 Å². The molecule has 0 radical (unpaired) electrons. The summed E-state index contributed by atoms with van der Waals surface area (Å²) in [5.41, 5.74) is 3.62. The van der Waals surface area contributed by atoms with E-state index in [0.29, 0.717) is 22.6 Å². The van der Waals surface area contributed by atoms with Gasteiger partial charge in [0.05, 0.1) is 15.5 Å². The number of carbonyl (C=O) groups excluding carboxylic acids is 1. The first-order valence-electron chi connectivity index (χ1n) is 12.2. The molecule has 0 fully saturated rings. The molecule has 0 unspecified atom stereocenters. The quantitative estimate of drug-likeness (QED) is 0.233. The summed E-state index contributed by atoms with van der Waals surface area (Å²) >= 11 is 1.52. The number of hydrogen-bond donors (Lipinski definition) is 2. The molecule has 2 N–H and O–H groups in total. The Labute approximate surface area is 239 Å². The second-order valence-corrected chi connectivity index (χ2v) is 13.6. The minimum atomic E-state index is -3.81. The van der Waals surface area contributed by atoms with Gasteiger partial charge in [0.15, 0.2) is 0 Å². The number of sulfonamides is 2. The van der Waals surface area contributed by atoms with Crippen molar-refractivity contribution in [3.8, 4) is 0 Å². The molecule has 0 spiro atoms. The smallest absolute Gasteiger partial charge is 0.264 e. The summed E-state index contributed by atoms with van der Waals surface area (Å²) in [4.78, 5) is 14.0. The Morgan fingerprint density at radius 2 is 1.30 bits per heavy atom. The summed E-state index contributed by atoms with van der Waals surface area (Å²) in [6.07, 6.45) is 1.92. The molecule has 0 atom stereocenters. The van der Waals surface area contributed by atoms with Crippen LogP contribution in [0.4, 0.5) is 17.1 Å². The standard InChI is InChI=1S/C29H29N3O5S3/c1-20-5-8-24(19-21(20)2)31-39(34,35)27-15-9-23(10-16-27)30-29(33)22-6-11-25(12-7-22)32(3)40(36,37)28-17-13-26(38-4)14-18-28/h5-19,31H,1-4H3,(H,30,33). The molecule has 0 aliphatic heterocycles. The van der Waals surface area contributed by atoms with E-state index in [2.05, 4.69) is 10.0 Å². The Morgan fingerprint density at radius 1 is 0.725 bits per heavy atom. The zero-order valence-electron chi connectivity index (χ0n) is 22.4. The summed E-state index contributed by atoms with van der Waals surface area (Å²) in [6.45, 7) is 3.86. The van der Waals surface area contributed by atoms with Crippen molar-refractivity contribution >= 4 is 54.8 Å². The Morgan fingerprint density at radius 3 is 1.88 bits per heavy atom. The van der Waals surface area contributed by atoms with Gasteiger partial charge in [-0.15, -0.1) is 11.8 Å². The molecule has 0 aliphatic carbocycles. The lowest BCUT2D eigenvalue weighted by molar-refractivity contribution is 0.102. The van der Waals surface area contributed by atoms with Gasteiger partial charge in [-0.25, -0.2) is 16.8 Å². The molecule has 4 aromatic rings. The van der Waals surface area contributed by atoms with Crippen molar-refractivity contribution in [2.45, 2.75) is 28.5 Å². The van der Waals surface area contributed by atoms with Gasteiger partial charge in [0.25, 0.3) is 26.0 Å². The van der Waals surface area contributed by atoms with Crippen molar-refractivity contribution in [2.24, 2.45) is 0 Å². The van der Waals surface area contributed by atoms with E-state index in [1.165, 1.54) is 55.2 Å². The van der Waals surface area contributed by atoms with Crippen LogP contribution in [0, 0.1) is 13.8 Å². The van der Waals surface area contributed by atoms with Gasteiger partial charge in [-0.2, -0.15) is 0 Å². The third kappa shape index (κ3) is 6.49. The monoisotopic (exact) mass is 595 g/mol. The number of amides is 1. The molecule has 11 heteroatoms.